The molecule has 3 N–H and O–H groups in total. The van der Waals surface area contributed by atoms with E-state index in [1.165, 1.54) is 43.2 Å². The Labute approximate surface area is 245 Å². The first-order chi connectivity index (χ1) is 20.0. The van der Waals surface area contributed by atoms with Crippen molar-refractivity contribution in [3.05, 3.63) is 70.9 Å². The highest BCUT2D eigenvalue weighted by atomic mass is 16.2. The van der Waals surface area contributed by atoms with Crippen molar-refractivity contribution in [1.29, 1.82) is 0 Å². The minimum absolute atomic E-state index is 0.0864. The fourth-order valence-corrected chi connectivity index (χ4v) is 6.68. The van der Waals surface area contributed by atoms with Gasteiger partial charge in [-0.05, 0) is 54.0 Å². The molecule has 1 saturated heterocycles. The molecule has 1 aliphatic carbocycles. The molecule has 2 fully saturated rings. The number of rotatable bonds is 11. The molecule has 0 bridgehead atoms. The molecule has 3 aromatic rings. The summed E-state index contributed by atoms with van der Waals surface area (Å²) in [6.07, 6.45) is 11.1. The molecule has 1 saturated carbocycles. The van der Waals surface area contributed by atoms with E-state index in [1.54, 1.807) is 0 Å². The number of para-hydroxylation sites is 1. The Balaban J connectivity index is 1.21. The number of piperazine rings is 1. The average molecular weight is 558 g/mol. The van der Waals surface area contributed by atoms with Gasteiger partial charge in [0.25, 0.3) is 0 Å². The van der Waals surface area contributed by atoms with Gasteiger partial charge in [-0.25, -0.2) is 0 Å². The van der Waals surface area contributed by atoms with Gasteiger partial charge in [0.1, 0.15) is 6.04 Å². The zero-order valence-corrected chi connectivity index (χ0v) is 24.9. The number of aromatic amines is 1. The fourth-order valence-electron chi connectivity index (χ4n) is 6.68. The van der Waals surface area contributed by atoms with Crippen LogP contribution in [-0.2, 0) is 35.4 Å². The van der Waals surface area contributed by atoms with Crippen LogP contribution in [0.5, 0.6) is 0 Å². The smallest absolute Gasteiger partial charge is 0.243 e. The topological polar surface area (TPSA) is 80.5 Å². The van der Waals surface area contributed by atoms with E-state index in [-0.39, 0.29) is 11.8 Å². The summed E-state index contributed by atoms with van der Waals surface area (Å²) in [4.78, 5) is 35.0. The van der Waals surface area contributed by atoms with Gasteiger partial charge in [0, 0.05) is 62.3 Å². The molecular weight excluding hydrogens is 510 g/mol. The predicted molar refractivity (Wildman–Crippen MR) is 166 cm³/mol. The van der Waals surface area contributed by atoms with Crippen molar-refractivity contribution < 1.29 is 9.59 Å². The lowest BCUT2D eigenvalue weighted by Gasteiger charge is -2.40. The molecule has 5 rings (SSSR count). The maximum Gasteiger partial charge on any atom is 0.243 e. The maximum absolute atomic E-state index is 13.5. The Kier molecular flexibility index (Phi) is 10.1. The Morgan fingerprint density at radius 3 is 2.44 bits per heavy atom. The van der Waals surface area contributed by atoms with E-state index >= 15 is 0 Å². The Bertz CT molecular complexity index is 1300. The van der Waals surface area contributed by atoms with E-state index in [0.29, 0.717) is 19.5 Å². The summed E-state index contributed by atoms with van der Waals surface area (Å²) in [7, 11) is 0. The molecule has 2 heterocycles. The lowest BCUT2D eigenvalue weighted by Crippen LogP contribution is -2.54. The summed E-state index contributed by atoms with van der Waals surface area (Å²) in [5.41, 5.74) is 5.83. The van der Waals surface area contributed by atoms with Crippen LogP contribution in [0.1, 0.15) is 68.2 Å². The van der Waals surface area contributed by atoms with Crippen molar-refractivity contribution in [1.82, 2.24) is 25.4 Å². The number of hydrogen-bond donors (Lipinski definition) is 3. The average Bonchev–Trinajstić information content (AvgIpc) is 3.42. The molecule has 220 valence electrons. The second-order valence-corrected chi connectivity index (χ2v) is 11.8. The molecule has 1 unspecified atom stereocenters. The van der Waals surface area contributed by atoms with E-state index in [0.717, 1.165) is 67.1 Å². The molecular formula is C34H47N5O2. The Morgan fingerprint density at radius 2 is 1.68 bits per heavy atom. The van der Waals surface area contributed by atoms with E-state index in [1.807, 2.05) is 24.4 Å². The summed E-state index contributed by atoms with van der Waals surface area (Å²) in [6.45, 7) is 8.95. The summed E-state index contributed by atoms with van der Waals surface area (Å²) in [5, 5.41) is 7.30. The Morgan fingerprint density at radius 1 is 0.927 bits per heavy atom. The predicted octanol–water partition coefficient (Wildman–Crippen LogP) is 4.59. The minimum atomic E-state index is -0.647. The molecule has 1 aliphatic heterocycles. The van der Waals surface area contributed by atoms with Crippen molar-refractivity contribution in [3.63, 3.8) is 0 Å². The number of hydrogen-bond acceptors (Lipinski definition) is 4. The molecule has 0 radical (unpaired) electrons. The van der Waals surface area contributed by atoms with Gasteiger partial charge in [0.05, 0.1) is 6.54 Å². The van der Waals surface area contributed by atoms with Gasteiger partial charge in [-0.1, -0.05) is 69.5 Å². The second-order valence-electron chi connectivity index (χ2n) is 11.8. The lowest BCUT2D eigenvalue weighted by atomic mass is 9.94. The van der Waals surface area contributed by atoms with Gasteiger partial charge >= 0.3 is 0 Å². The zero-order chi connectivity index (χ0) is 28.6. The van der Waals surface area contributed by atoms with Crippen LogP contribution < -0.4 is 10.6 Å². The first-order valence-corrected chi connectivity index (χ1v) is 15.7. The highest BCUT2D eigenvalue weighted by Crippen LogP contribution is 2.24. The molecule has 0 spiro atoms. The number of nitrogens with one attached hydrogen (secondary N) is 3. The number of amides is 2. The minimum Gasteiger partial charge on any atom is -0.361 e. The van der Waals surface area contributed by atoms with Crippen molar-refractivity contribution in [2.45, 2.75) is 83.8 Å². The van der Waals surface area contributed by atoms with Crippen LogP contribution in [0.3, 0.4) is 0 Å². The number of nitrogens with zero attached hydrogens (tertiary/aromatic N) is 2. The molecule has 7 nitrogen and oxygen atoms in total. The standard InChI is InChI=1S/C34H47N5O2/c1-3-26-15-14-25(20-27(26)4-2)22-36-34(41)32(21-28-23-35-31-13-9-8-12-30(28)31)37-33(40)24-38-16-18-39(19-17-38)29-10-6-5-7-11-29/h8-9,12-15,20,23,29,32,35H,3-7,10-11,16-19,21-22,24H2,1-2H3,(H,36,41)(H,37,40). The summed E-state index contributed by atoms with van der Waals surface area (Å²) >= 11 is 0. The van der Waals surface area contributed by atoms with Crippen LogP contribution >= 0.6 is 0 Å². The maximum atomic E-state index is 13.5. The molecule has 1 atom stereocenters. The van der Waals surface area contributed by atoms with Crippen LogP contribution in [0.15, 0.2) is 48.7 Å². The normalized spacial score (nSPS) is 17.9. The number of fused-ring (bicyclic) bond motifs is 1. The molecule has 1 aromatic heterocycles. The van der Waals surface area contributed by atoms with E-state index in [9.17, 15) is 9.59 Å². The number of H-pyrrole nitrogens is 1. The van der Waals surface area contributed by atoms with Crippen molar-refractivity contribution in [3.8, 4) is 0 Å². The molecule has 2 amide bonds. The SMILES string of the molecule is CCc1ccc(CNC(=O)C(Cc2c[nH]c3ccccc23)NC(=O)CN2CCN(C3CCCCC3)CC2)cc1CC. The third-order valence-corrected chi connectivity index (χ3v) is 9.12. The van der Waals surface area contributed by atoms with Gasteiger partial charge in [-0.3, -0.25) is 19.4 Å². The van der Waals surface area contributed by atoms with Gasteiger partial charge in [0.15, 0.2) is 0 Å². The van der Waals surface area contributed by atoms with Crippen LogP contribution in [-0.4, -0.2) is 71.4 Å². The van der Waals surface area contributed by atoms with Crippen molar-refractivity contribution in [2.75, 3.05) is 32.7 Å². The highest BCUT2D eigenvalue weighted by molar-refractivity contribution is 5.90. The monoisotopic (exact) mass is 557 g/mol. The molecule has 2 aromatic carbocycles. The number of aryl methyl sites for hydroxylation is 2. The van der Waals surface area contributed by atoms with Gasteiger partial charge in [0.2, 0.25) is 11.8 Å². The van der Waals surface area contributed by atoms with E-state index in [4.69, 9.17) is 0 Å². The summed E-state index contributed by atoms with van der Waals surface area (Å²) < 4.78 is 0. The number of aromatic nitrogens is 1. The van der Waals surface area contributed by atoms with E-state index < -0.39 is 6.04 Å². The third-order valence-electron chi connectivity index (χ3n) is 9.12. The first-order valence-electron chi connectivity index (χ1n) is 15.7. The van der Waals surface area contributed by atoms with Crippen molar-refractivity contribution >= 4 is 22.7 Å². The van der Waals surface area contributed by atoms with Gasteiger partial charge < -0.3 is 15.6 Å². The zero-order valence-electron chi connectivity index (χ0n) is 24.9. The Hall–Kier alpha value is -3.16. The lowest BCUT2D eigenvalue weighted by molar-refractivity contribution is -0.129. The van der Waals surface area contributed by atoms with Crippen LogP contribution in [0.4, 0.5) is 0 Å². The number of carbonyl (C=O) groups excluding carboxylic acids is 2. The molecule has 41 heavy (non-hydrogen) atoms. The summed E-state index contributed by atoms with van der Waals surface area (Å²) in [5.74, 6) is -0.236. The van der Waals surface area contributed by atoms with Gasteiger partial charge in [-0.15, -0.1) is 0 Å². The third kappa shape index (κ3) is 7.57. The van der Waals surface area contributed by atoms with Crippen LogP contribution in [0.2, 0.25) is 0 Å². The van der Waals surface area contributed by atoms with Gasteiger partial charge in [-0.2, -0.15) is 0 Å². The molecule has 2 aliphatic rings. The number of benzene rings is 2. The second kappa shape index (κ2) is 14.1. The number of carbonyl (C=O) groups is 2. The van der Waals surface area contributed by atoms with E-state index in [2.05, 4.69) is 63.5 Å². The van der Waals surface area contributed by atoms with Crippen LogP contribution in [0.25, 0.3) is 10.9 Å². The summed E-state index contributed by atoms with van der Waals surface area (Å²) in [6, 6.07) is 14.6. The fraction of sp³-hybridized carbons (Fsp3) is 0.529. The van der Waals surface area contributed by atoms with Crippen molar-refractivity contribution in [2.24, 2.45) is 0 Å². The first kappa shape index (κ1) is 29.3. The quantitative estimate of drug-likeness (QED) is 0.322. The highest BCUT2D eigenvalue weighted by Gasteiger charge is 2.27. The largest absolute Gasteiger partial charge is 0.361 e. The van der Waals surface area contributed by atoms with Crippen LogP contribution in [0, 0.1) is 0 Å². The molecule has 7 heteroatoms.